The number of aliphatic hydroxyl groups excluding tert-OH is 2. The van der Waals surface area contributed by atoms with E-state index < -0.39 is 12.2 Å². The SMILES string of the molecule is COc1cc(CC[C@H](O)C[C@@H](O)CCc2ccc(O)c(OC3CCCC3)c2)cc(OC)c1O. The number of aliphatic hydroxyl groups is 2. The Morgan fingerprint density at radius 2 is 1.36 bits per heavy atom. The van der Waals surface area contributed by atoms with Crippen molar-refractivity contribution < 1.29 is 34.6 Å². The molecule has 7 nitrogen and oxygen atoms in total. The minimum absolute atomic E-state index is 0.0502. The molecule has 0 aromatic heterocycles. The van der Waals surface area contributed by atoms with Crippen LogP contribution in [0.15, 0.2) is 30.3 Å². The van der Waals surface area contributed by atoms with E-state index in [1.165, 1.54) is 14.2 Å². The molecule has 2 aromatic rings. The molecule has 1 aliphatic carbocycles. The molecule has 0 spiro atoms. The number of aryl methyl sites for hydroxylation is 2. The maximum Gasteiger partial charge on any atom is 0.200 e. The minimum Gasteiger partial charge on any atom is -0.504 e. The molecule has 0 heterocycles. The summed E-state index contributed by atoms with van der Waals surface area (Å²) in [5.74, 6) is 1.25. The third-order valence-electron chi connectivity index (χ3n) is 6.24. The fourth-order valence-corrected chi connectivity index (χ4v) is 4.30. The van der Waals surface area contributed by atoms with Crippen molar-refractivity contribution in [1.82, 2.24) is 0 Å². The molecule has 2 aromatic carbocycles. The molecule has 7 heteroatoms. The van der Waals surface area contributed by atoms with Crippen LogP contribution in [0.3, 0.4) is 0 Å². The molecule has 0 saturated heterocycles. The van der Waals surface area contributed by atoms with Gasteiger partial charge in [-0.15, -0.1) is 0 Å². The number of aromatic hydroxyl groups is 2. The number of hydrogen-bond acceptors (Lipinski definition) is 7. The summed E-state index contributed by atoms with van der Waals surface area (Å²) in [6.45, 7) is 0. The first-order chi connectivity index (χ1) is 15.9. The number of phenolic OH excluding ortho intramolecular Hbond substituents is 2. The molecule has 2 atom stereocenters. The van der Waals surface area contributed by atoms with Gasteiger partial charge in [-0.3, -0.25) is 0 Å². The van der Waals surface area contributed by atoms with Crippen LogP contribution >= 0.6 is 0 Å². The van der Waals surface area contributed by atoms with Gasteiger partial charge in [-0.1, -0.05) is 6.07 Å². The van der Waals surface area contributed by atoms with E-state index in [1.54, 1.807) is 18.2 Å². The highest BCUT2D eigenvalue weighted by molar-refractivity contribution is 5.52. The molecule has 3 rings (SSSR count). The van der Waals surface area contributed by atoms with E-state index in [1.807, 2.05) is 12.1 Å². The highest BCUT2D eigenvalue weighted by Crippen LogP contribution is 2.37. The zero-order chi connectivity index (χ0) is 23.8. The monoisotopic (exact) mass is 460 g/mol. The Bertz CT molecular complexity index is 867. The van der Waals surface area contributed by atoms with Gasteiger partial charge in [0.1, 0.15) is 0 Å². The topological polar surface area (TPSA) is 109 Å². The van der Waals surface area contributed by atoms with Gasteiger partial charge in [-0.05, 0) is 93.2 Å². The van der Waals surface area contributed by atoms with E-state index in [0.717, 1.165) is 36.8 Å². The van der Waals surface area contributed by atoms with Crippen molar-refractivity contribution in [1.29, 1.82) is 0 Å². The summed E-state index contributed by atoms with van der Waals surface area (Å²) in [5, 5.41) is 40.9. The summed E-state index contributed by atoms with van der Waals surface area (Å²) in [7, 11) is 2.95. The lowest BCUT2D eigenvalue weighted by molar-refractivity contribution is 0.0714. The number of benzene rings is 2. The molecule has 1 saturated carbocycles. The zero-order valence-corrected chi connectivity index (χ0v) is 19.5. The Morgan fingerprint density at radius 3 is 1.94 bits per heavy atom. The average molecular weight is 461 g/mol. The maximum absolute atomic E-state index is 10.4. The largest absolute Gasteiger partial charge is 0.504 e. The van der Waals surface area contributed by atoms with Gasteiger partial charge in [-0.2, -0.15) is 0 Å². The highest BCUT2D eigenvalue weighted by atomic mass is 16.5. The summed E-state index contributed by atoms with van der Waals surface area (Å²) < 4.78 is 16.3. The smallest absolute Gasteiger partial charge is 0.200 e. The first kappa shape index (κ1) is 25.0. The van der Waals surface area contributed by atoms with E-state index in [0.29, 0.717) is 42.9 Å². The Balaban J connectivity index is 1.46. The standard InChI is InChI=1S/C26H36O7/c1-31-24-14-18(15-25(32-2)26(24)30)8-11-20(28)16-19(27)10-7-17-9-12-22(29)23(13-17)33-21-5-3-4-6-21/h9,12-15,19-21,27-30H,3-8,10-11,16H2,1-2H3/t19-,20-/m0/s1. The Labute approximate surface area is 195 Å². The van der Waals surface area contributed by atoms with Gasteiger partial charge in [-0.25, -0.2) is 0 Å². The van der Waals surface area contributed by atoms with Crippen LogP contribution in [-0.4, -0.2) is 53.0 Å². The molecule has 0 amide bonds. The second kappa shape index (κ2) is 12.0. The molecule has 0 aliphatic heterocycles. The van der Waals surface area contributed by atoms with Crippen molar-refractivity contribution in [2.24, 2.45) is 0 Å². The molecule has 4 N–H and O–H groups in total. The summed E-state index contributed by atoms with van der Waals surface area (Å²) >= 11 is 0. The summed E-state index contributed by atoms with van der Waals surface area (Å²) in [5.41, 5.74) is 1.85. The predicted molar refractivity (Wildman–Crippen MR) is 125 cm³/mol. The fourth-order valence-electron chi connectivity index (χ4n) is 4.30. The highest BCUT2D eigenvalue weighted by Gasteiger charge is 2.19. The molecule has 0 bridgehead atoms. The van der Waals surface area contributed by atoms with Crippen LogP contribution in [0, 0.1) is 0 Å². The molecular weight excluding hydrogens is 424 g/mol. The average Bonchev–Trinajstić information content (AvgIpc) is 3.32. The van der Waals surface area contributed by atoms with E-state index in [2.05, 4.69) is 0 Å². The number of rotatable bonds is 12. The van der Waals surface area contributed by atoms with Crippen molar-refractivity contribution in [2.45, 2.75) is 76.1 Å². The van der Waals surface area contributed by atoms with Gasteiger partial charge < -0.3 is 34.6 Å². The summed E-state index contributed by atoms with van der Waals surface area (Å²) in [4.78, 5) is 0. The number of hydrogen-bond donors (Lipinski definition) is 4. The van der Waals surface area contributed by atoms with Crippen LogP contribution in [0.1, 0.15) is 56.1 Å². The van der Waals surface area contributed by atoms with Crippen molar-refractivity contribution in [3.05, 3.63) is 41.5 Å². The summed E-state index contributed by atoms with van der Waals surface area (Å²) in [6, 6.07) is 8.77. The number of methoxy groups -OCH3 is 2. The second-order valence-corrected chi connectivity index (χ2v) is 8.80. The summed E-state index contributed by atoms with van der Waals surface area (Å²) in [6.07, 6.45) is 5.65. The Morgan fingerprint density at radius 1 is 0.818 bits per heavy atom. The lowest BCUT2D eigenvalue weighted by Crippen LogP contribution is -2.19. The molecular formula is C26H36O7. The quantitative estimate of drug-likeness (QED) is 0.377. The third kappa shape index (κ3) is 7.17. The van der Waals surface area contributed by atoms with Gasteiger partial charge in [0, 0.05) is 0 Å². The first-order valence-corrected chi connectivity index (χ1v) is 11.7. The van der Waals surface area contributed by atoms with Gasteiger partial charge in [0.05, 0.1) is 32.5 Å². The zero-order valence-electron chi connectivity index (χ0n) is 19.5. The predicted octanol–water partition coefficient (Wildman–Crippen LogP) is 4.11. The molecule has 1 fully saturated rings. The normalized spacial score (nSPS) is 15.9. The van der Waals surface area contributed by atoms with Gasteiger partial charge in [0.2, 0.25) is 5.75 Å². The van der Waals surface area contributed by atoms with Gasteiger partial charge >= 0.3 is 0 Å². The van der Waals surface area contributed by atoms with E-state index in [9.17, 15) is 20.4 Å². The van der Waals surface area contributed by atoms with Gasteiger partial charge in [0.15, 0.2) is 23.0 Å². The van der Waals surface area contributed by atoms with Crippen LogP contribution in [0.2, 0.25) is 0 Å². The molecule has 182 valence electrons. The lowest BCUT2D eigenvalue weighted by atomic mass is 9.98. The minimum atomic E-state index is -0.660. The van der Waals surface area contributed by atoms with E-state index in [4.69, 9.17) is 14.2 Å². The van der Waals surface area contributed by atoms with Crippen LogP contribution in [0.25, 0.3) is 0 Å². The molecule has 0 unspecified atom stereocenters. The van der Waals surface area contributed by atoms with Crippen molar-refractivity contribution in [3.63, 3.8) is 0 Å². The van der Waals surface area contributed by atoms with Crippen LogP contribution in [0.4, 0.5) is 0 Å². The van der Waals surface area contributed by atoms with Crippen LogP contribution in [0.5, 0.6) is 28.7 Å². The Kier molecular flexibility index (Phi) is 9.09. The number of phenols is 2. The van der Waals surface area contributed by atoms with Crippen molar-refractivity contribution in [2.75, 3.05) is 14.2 Å². The fraction of sp³-hybridized carbons (Fsp3) is 0.538. The van der Waals surface area contributed by atoms with Crippen LogP contribution in [-0.2, 0) is 12.8 Å². The molecule has 1 aliphatic rings. The van der Waals surface area contributed by atoms with Crippen molar-refractivity contribution in [3.8, 4) is 28.7 Å². The molecule has 33 heavy (non-hydrogen) atoms. The Hall–Kier alpha value is -2.64. The lowest BCUT2D eigenvalue weighted by Gasteiger charge is -2.17. The second-order valence-electron chi connectivity index (χ2n) is 8.80. The maximum atomic E-state index is 10.4. The van der Waals surface area contributed by atoms with E-state index in [-0.39, 0.29) is 24.0 Å². The van der Waals surface area contributed by atoms with Gasteiger partial charge in [0.25, 0.3) is 0 Å². The third-order valence-corrected chi connectivity index (χ3v) is 6.24. The van der Waals surface area contributed by atoms with Crippen molar-refractivity contribution >= 4 is 0 Å². The first-order valence-electron chi connectivity index (χ1n) is 11.7. The number of ether oxygens (including phenoxy) is 3. The molecule has 0 radical (unpaired) electrons. The van der Waals surface area contributed by atoms with E-state index >= 15 is 0 Å². The van der Waals surface area contributed by atoms with Crippen LogP contribution < -0.4 is 14.2 Å².